The van der Waals surface area contributed by atoms with Gasteiger partial charge in [0.25, 0.3) is 0 Å². The van der Waals surface area contributed by atoms with E-state index in [1.165, 1.54) is 21.7 Å². The molecule has 0 aromatic heterocycles. The van der Waals surface area contributed by atoms with Gasteiger partial charge in [0, 0.05) is 28.6 Å². The van der Waals surface area contributed by atoms with E-state index in [0.717, 1.165) is 18.0 Å². The Morgan fingerprint density at radius 2 is 1.94 bits per heavy atom. The van der Waals surface area contributed by atoms with Gasteiger partial charge in [-0.15, -0.1) is 11.8 Å². The van der Waals surface area contributed by atoms with Crippen LogP contribution in [0.5, 0.6) is 0 Å². The standard InChI is InChI=1S/C14H14N2S/c15-12-3-1-2-10(8-12)11-4-5-14-13(9-11)16-6-7-17-14/h1-5,8-9,16H,6-7,15H2. The molecule has 1 aliphatic rings. The van der Waals surface area contributed by atoms with Crippen LogP contribution in [0.25, 0.3) is 11.1 Å². The summed E-state index contributed by atoms with van der Waals surface area (Å²) < 4.78 is 0. The zero-order chi connectivity index (χ0) is 11.7. The van der Waals surface area contributed by atoms with E-state index in [1.54, 1.807) is 0 Å². The van der Waals surface area contributed by atoms with Gasteiger partial charge >= 0.3 is 0 Å². The van der Waals surface area contributed by atoms with Crippen molar-refractivity contribution in [2.75, 3.05) is 23.3 Å². The minimum absolute atomic E-state index is 0.808. The van der Waals surface area contributed by atoms with Crippen LogP contribution in [-0.4, -0.2) is 12.3 Å². The fourth-order valence-corrected chi connectivity index (χ4v) is 2.91. The second-order valence-corrected chi connectivity index (χ2v) is 5.25. The summed E-state index contributed by atoms with van der Waals surface area (Å²) in [6, 6.07) is 14.6. The average molecular weight is 242 g/mol. The Balaban J connectivity index is 2.04. The highest BCUT2D eigenvalue weighted by atomic mass is 32.2. The van der Waals surface area contributed by atoms with Gasteiger partial charge in [-0.25, -0.2) is 0 Å². The van der Waals surface area contributed by atoms with E-state index in [0.29, 0.717) is 0 Å². The lowest BCUT2D eigenvalue weighted by Gasteiger charge is -2.18. The third-order valence-electron chi connectivity index (χ3n) is 2.87. The first-order valence-corrected chi connectivity index (χ1v) is 6.68. The number of benzene rings is 2. The second kappa shape index (κ2) is 4.34. The van der Waals surface area contributed by atoms with E-state index < -0.39 is 0 Å². The molecular formula is C14H14N2S. The van der Waals surface area contributed by atoms with Crippen LogP contribution in [0.3, 0.4) is 0 Å². The van der Waals surface area contributed by atoms with Gasteiger partial charge < -0.3 is 11.1 Å². The predicted molar refractivity (Wildman–Crippen MR) is 75.5 cm³/mol. The van der Waals surface area contributed by atoms with Crippen molar-refractivity contribution in [1.29, 1.82) is 0 Å². The number of hydrogen-bond acceptors (Lipinski definition) is 3. The van der Waals surface area contributed by atoms with Crippen molar-refractivity contribution in [2.24, 2.45) is 0 Å². The van der Waals surface area contributed by atoms with Gasteiger partial charge in [0.1, 0.15) is 0 Å². The molecule has 2 aromatic carbocycles. The van der Waals surface area contributed by atoms with Gasteiger partial charge in [0.2, 0.25) is 0 Å². The highest BCUT2D eigenvalue weighted by Gasteiger charge is 2.09. The van der Waals surface area contributed by atoms with Gasteiger partial charge in [0.05, 0.1) is 0 Å². The summed E-state index contributed by atoms with van der Waals surface area (Å²) >= 11 is 1.91. The average Bonchev–Trinajstić information content (AvgIpc) is 2.38. The molecule has 0 unspecified atom stereocenters. The molecule has 0 saturated carbocycles. The van der Waals surface area contributed by atoms with Gasteiger partial charge in [-0.3, -0.25) is 0 Å². The van der Waals surface area contributed by atoms with Crippen molar-refractivity contribution in [3.05, 3.63) is 42.5 Å². The molecule has 86 valence electrons. The zero-order valence-corrected chi connectivity index (χ0v) is 10.3. The summed E-state index contributed by atoms with van der Waals surface area (Å²) in [5, 5.41) is 3.44. The molecule has 0 bridgehead atoms. The van der Waals surface area contributed by atoms with Crippen LogP contribution in [0.2, 0.25) is 0 Å². The van der Waals surface area contributed by atoms with Crippen molar-refractivity contribution < 1.29 is 0 Å². The van der Waals surface area contributed by atoms with E-state index in [4.69, 9.17) is 5.73 Å². The molecule has 0 atom stereocenters. The van der Waals surface area contributed by atoms with Crippen LogP contribution >= 0.6 is 11.8 Å². The largest absolute Gasteiger partial charge is 0.399 e. The summed E-state index contributed by atoms with van der Waals surface area (Å²) in [7, 11) is 0. The summed E-state index contributed by atoms with van der Waals surface area (Å²) in [6.07, 6.45) is 0. The molecule has 1 heterocycles. The lowest BCUT2D eigenvalue weighted by Crippen LogP contribution is -2.09. The van der Waals surface area contributed by atoms with Crippen molar-refractivity contribution in [1.82, 2.24) is 0 Å². The topological polar surface area (TPSA) is 38.0 Å². The molecule has 1 aliphatic heterocycles. The van der Waals surface area contributed by atoms with Crippen LogP contribution in [0.15, 0.2) is 47.4 Å². The molecule has 3 heteroatoms. The van der Waals surface area contributed by atoms with Crippen molar-refractivity contribution in [2.45, 2.75) is 4.90 Å². The van der Waals surface area contributed by atoms with Crippen LogP contribution in [0.1, 0.15) is 0 Å². The normalized spacial score (nSPS) is 13.9. The fraction of sp³-hybridized carbons (Fsp3) is 0.143. The molecule has 0 aliphatic carbocycles. The molecular weight excluding hydrogens is 228 g/mol. The monoisotopic (exact) mass is 242 g/mol. The molecule has 2 aromatic rings. The predicted octanol–water partition coefficient (Wildman–Crippen LogP) is 3.45. The van der Waals surface area contributed by atoms with E-state index in [-0.39, 0.29) is 0 Å². The summed E-state index contributed by atoms with van der Waals surface area (Å²) in [5.41, 5.74) is 10.2. The number of fused-ring (bicyclic) bond motifs is 1. The first kappa shape index (κ1) is 10.5. The van der Waals surface area contributed by atoms with Crippen molar-refractivity contribution >= 4 is 23.1 Å². The third-order valence-corrected chi connectivity index (χ3v) is 3.95. The van der Waals surface area contributed by atoms with Gasteiger partial charge in [-0.1, -0.05) is 18.2 Å². The lowest BCUT2D eigenvalue weighted by molar-refractivity contribution is 1.17. The molecule has 0 saturated heterocycles. The van der Waals surface area contributed by atoms with Gasteiger partial charge in [-0.05, 0) is 35.4 Å². The highest BCUT2D eigenvalue weighted by molar-refractivity contribution is 7.99. The molecule has 3 rings (SSSR count). The van der Waals surface area contributed by atoms with Crippen LogP contribution in [0.4, 0.5) is 11.4 Å². The minimum Gasteiger partial charge on any atom is -0.399 e. The number of nitrogen functional groups attached to an aromatic ring is 1. The van der Waals surface area contributed by atoms with E-state index in [1.807, 2.05) is 30.0 Å². The van der Waals surface area contributed by atoms with Crippen LogP contribution in [-0.2, 0) is 0 Å². The van der Waals surface area contributed by atoms with Gasteiger partial charge in [0.15, 0.2) is 0 Å². The Bertz CT molecular complexity index is 552. The maximum atomic E-state index is 5.81. The molecule has 2 nitrogen and oxygen atoms in total. The van der Waals surface area contributed by atoms with E-state index in [9.17, 15) is 0 Å². The maximum Gasteiger partial charge on any atom is 0.0484 e. The molecule has 17 heavy (non-hydrogen) atoms. The number of rotatable bonds is 1. The number of thioether (sulfide) groups is 1. The fourth-order valence-electron chi connectivity index (χ4n) is 2.04. The Labute approximate surface area is 105 Å². The van der Waals surface area contributed by atoms with Crippen molar-refractivity contribution in [3.8, 4) is 11.1 Å². The first-order valence-electron chi connectivity index (χ1n) is 5.69. The molecule has 0 amide bonds. The summed E-state index contributed by atoms with van der Waals surface area (Å²) in [4.78, 5) is 1.34. The van der Waals surface area contributed by atoms with Gasteiger partial charge in [-0.2, -0.15) is 0 Å². The number of nitrogens with one attached hydrogen (secondary N) is 1. The third kappa shape index (κ3) is 2.11. The number of anilines is 2. The quantitative estimate of drug-likeness (QED) is 0.752. The molecule has 0 fully saturated rings. The SMILES string of the molecule is Nc1cccc(-c2ccc3c(c2)NCCS3)c1. The molecule has 0 radical (unpaired) electrons. The van der Waals surface area contributed by atoms with Crippen LogP contribution in [0, 0.1) is 0 Å². The Morgan fingerprint density at radius 1 is 1.06 bits per heavy atom. The van der Waals surface area contributed by atoms with E-state index >= 15 is 0 Å². The molecule has 0 spiro atoms. The van der Waals surface area contributed by atoms with E-state index in [2.05, 4.69) is 29.6 Å². The second-order valence-electron chi connectivity index (χ2n) is 4.11. The molecule has 3 N–H and O–H groups in total. The van der Waals surface area contributed by atoms with Crippen LogP contribution < -0.4 is 11.1 Å². The highest BCUT2D eigenvalue weighted by Crippen LogP contribution is 2.34. The summed E-state index contributed by atoms with van der Waals surface area (Å²) in [5.74, 6) is 1.14. The Kier molecular flexibility index (Phi) is 2.69. The first-order chi connectivity index (χ1) is 8.33. The lowest BCUT2D eigenvalue weighted by atomic mass is 10.0. The van der Waals surface area contributed by atoms with Crippen molar-refractivity contribution in [3.63, 3.8) is 0 Å². The number of nitrogens with two attached hydrogens (primary N) is 1. The Hall–Kier alpha value is -1.61. The zero-order valence-electron chi connectivity index (χ0n) is 9.44. The smallest absolute Gasteiger partial charge is 0.0484 e. The minimum atomic E-state index is 0.808. The number of hydrogen-bond donors (Lipinski definition) is 2. The maximum absolute atomic E-state index is 5.81. The Morgan fingerprint density at radius 3 is 2.82 bits per heavy atom. The summed E-state index contributed by atoms with van der Waals surface area (Å²) in [6.45, 7) is 1.04.